The number of primary sulfonamides is 1. The summed E-state index contributed by atoms with van der Waals surface area (Å²) in [5.41, 5.74) is 3.06. The van der Waals surface area contributed by atoms with Crippen LogP contribution in [0.2, 0.25) is 0 Å². The van der Waals surface area contributed by atoms with Crippen LogP contribution in [-0.4, -0.2) is 36.2 Å². The summed E-state index contributed by atoms with van der Waals surface area (Å²) < 4.78 is 24.7. The Kier molecular flexibility index (Phi) is 7.68. The number of nitrogens with zero attached hydrogens (tertiary/aromatic N) is 2. The van der Waals surface area contributed by atoms with E-state index in [4.69, 9.17) is 5.14 Å². The van der Waals surface area contributed by atoms with Crippen molar-refractivity contribution < 1.29 is 13.2 Å². The Morgan fingerprint density at radius 1 is 1.25 bits per heavy atom. The number of carbonyl (C=O) groups is 1. The predicted molar refractivity (Wildman–Crippen MR) is 112 cm³/mol. The third-order valence-electron chi connectivity index (χ3n) is 4.29. The van der Waals surface area contributed by atoms with E-state index in [0.717, 1.165) is 28.7 Å². The first-order valence-corrected chi connectivity index (χ1v) is 11.7. The Hall–Kier alpha value is -1.84. The van der Waals surface area contributed by atoms with Crippen LogP contribution in [0.25, 0.3) is 0 Å². The average Bonchev–Trinajstić information content (AvgIpc) is 2.87. The van der Waals surface area contributed by atoms with Crippen LogP contribution in [0.3, 0.4) is 0 Å². The largest absolute Gasteiger partial charge is 0.355 e. The lowest BCUT2D eigenvalue weighted by Crippen LogP contribution is -2.27. The fraction of sp³-hybridized carbons (Fsp3) is 0.474. The Balaban J connectivity index is 1.83. The van der Waals surface area contributed by atoms with Gasteiger partial charge in [-0.05, 0) is 43.9 Å². The number of nitrogens with one attached hydrogen (secondary N) is 1. The zero-order valence-electron chi connectivity index (χ0n) is 16.7. The topological polar surface area (TPSA) is 107 Å². The van der Waals surface area contributed by atoms with Gasteiger partial charge in [-0.2, -0.15) is 0 Å². The quantitative estimate of drug-likeness (QED) is 0.601. The minimum absolute atomic E-state index is 0.0550. The van der Waals surface area contributed by atoms with E-state index in [-0.39, 0.29) is 10.8 Å². The molecule has 9 heteroatoms. The number of imidazole rings is 1. The summed E-state index contributed by atoms with van der Waals surface area (Å²) in [5.74, 6) is 0.750. The molecular formula is C19H28N4O3S2. The molecule has 0 spiro atoms. The summed E-state index contributed by atoms with van der Waals surface area (Å²) >= 11 is 1.44. The van der Waals surface area contributed by atoms with Crippen molar-refractivity contribution in [3.05, 3.63) is 41.2 Å². The standard InChI is InChI=1S/C19H28N4O3S2/c1-13(2)11-23-15(4)14(3)22-19(23)27-12-18(24)21-10-9-16-5-7-17(8-6-16)28(20,25)26/h5-8,13H,9-12H2,1-4H3,(H,21,24)(H2,20,25,26). The van der Waals surface area contributed by atoms with Crippen LogP contribution in [0, 0.1) is 19.8 Å². The molecule has 0 aliphatic carbocycles. The SMILES string of the molecule is Cc1nc(SCC(=O)NCCc2ccc(S(N)(=O)=O)cc2)n(CC(C)C)c1C. The third-order valence-corrected chi connectivity index (χ3v) is 6.20. The van der Waals surface area contributed by atoms with E-state index in [1.807, 2.05) is 6.92 Å². The van der Waals surface area contributed by atoms with Crippen LogP contribution in [0.4, 0.5) is 0 Å². The Labute approximate surface area is 171 Å². The van der Waals surface area contributed by atoms with Crippen LogP contribution in [0.1, 0.15) is 30.8 Å². The lowest BCUT2D eigenvalue weighted by Gasteiger charge is -2.12. The van der Waals surface area contributed by atoms with E-state index in [2.05, 4.69) is 35.6 Å². The Bertz CT molecular complexity index is 919. The molecule has 0 saturated carbocycles. The van der Waals surface area contributed by atoms with E-state index < -0.39 is 10.0 Å². The van der Waals surface area contributed by atoms with E-state index in [0.29, 0.717) is 24.6 Å². The summed E-state index contributed by atoms with van der Waals surface area (Å²) in [5, 5.41) is 8.84. The average molecular weight is 425 g/mol. The molecule has 2 rings (SSSR count). The molecule has 1 aromatic carbocycles. The van der Waals surface area contributed by atoms with Gasteiger partial charge in [0.1, 0.15) is 0 Å². The molecule has 0 saturated heterocycles. The number of sulfonamides is 1. The first-order valence-electron chi connectivity index (χ1n) is 9.13. The maximum atomic E-state index is 12.2. The molecule has 2 aromatic rings. The number of hydrogen-bond donors (Lipinski definition) is 2. The molecule has 0 atom stereocenters. The molecule has 0 aliphatic rings. The lowest BCUT2D eigenvalue weighted by atomic mass is 10.1. The molecular weight excluding hydrogens is 396 g/mol. The summed E-state index contributed by atoms with van der Waals surface area (Å²) in [4.78, 5) is 16.8. The van der Waals surface area contributed by atoms with Gasteiger partial charge in [-0.1, -0.05) is 37.7 Å². The van der Waals surface area contributed by atoms with E-state index in [9.17, 15) is 13.2 Å². The monoisotopic (exact) mass is 424 g/mol. The van der Waals surface area contributed by atoms with E-state index in [1.54, 1.807) is 12.1 Å². The molecule has 28 heavy (non-hydrogen) atoms. The highest BCUT2D eigenvalue weighted by Crippen LogP contribution is 2.22. The third kappa shape index (κ3) is 6.35. The fourth-order valence-electron chi connectivity index (χ4n) is 2.69. The van der Waals surface area contributed by atoms with Gasteiger partial charge >= 0.3 is 0 Å². The van der Waals surface area contributed by atoms with Gasteiger partial charge in [0.05, 0.1) is 16.3 Å². The fourth-order valence-corrected chi connectivity index (χ4v) is 4.13. The van der Waals surface area contributed by atoms with Gasteiger partial charge in [-0.3, -0.25) is 4.79 Å². The van der Waals surface area contributed by atoms with Crippen LogP contribution >= 0.6 is 11.8 Å². The number of benzene rings is 1. The molecule has 1 amide bonds. The second kappa shape index (κ2) is 9.58. The van der Waals surface area contributed by atoms with Crippen LogP contribution in [0.15, 0.2) is 34.3 Å². The minimum atomic E-state index is -3.68. The lowest BCUT2D eigenvalue weighted by molar-refractivity contribution is -0.118. The van der Waals surface area contributed by atoms with Gasteiger partial charge in [0.25, 0.3) is 0 Å². The van der Waals surface area contributed by atoms with Crippen molar-refractivity contribution in [1.29, 1.82) is 0 Å². The van der Waals surface area contributed by atoms with Gasteiger partial charge in [0.15, 0.2) is 5.16 Å². The molecule has 0 fully saturated rings. The second-order valence-electron chi connectivity index (χ2n) is 7.15. The minimum Gasteiger partial charge on any atom is -0.355 e. The maximum absolute atomic E-state index is 12.2. The zero-order chi connectivity index (χ0) is 20.9. The van der Waals surface area contributed by atoms with Crippen molar-refractivity contribution >= 4 is 27.7 Å². The van der Waals surface area contributed by atoms with E-state index in [1.165, 1.54) is 23.9 Å². The van der Waals surface area contributed by atoms with Crippen molar-refractivity contribution in [2.24, 2.45) is 11.1 Å². The number of nitrogens with two attached hydrogens (primary N) is 1. The maximum Gasteiger partial charge on any atom is 0.238 e. The van der Waals surface area contributed by atoms with Crippen molar-refractivity contribution in [2.45, 2.75) is 50.7 Å². The van der Waals surface area contributed by atoms with Crippen molar-refractivity contribution in [2.75, 3.05) is 12.3 Å². The molecule has 7 nitrogen and oxygen atoms in total. The summed E-state index contributed by atoms with van der Waals surface area (Å²) in [6, 6.07) is 6.35. The van der Waals surface area contributed by atoms with Crippen molar-refractivity contribution in [3.8, 4) is 0 Å². The molecule has 0 aliphatic heterocycles. The first-order chi connectivity index (χ1) is 13.1. The highest BCUT2D eigenvalue weighted by Gasteiger charge is 2.14. The van der Waals surface area contributed by atoms with Gasteiger partial charge in [0.2, 0.25) is 15.9 Å². The van der Waals surface area contributed by atoms with Crippen molar-refractivity contribution in [3.63, 3.8) is 0 Å². The molecule has 3 N–H and O–H groups in total. The molecule has 0 unspecified atom stereocenters. The Morgan fingerprint density at radius 2 is 1.89 bits per heavy atom. The normalized spacial score (nSPS) is 11.8. The number of rotatable bonds is 9. The van der Waals surface area contributed by atoms with Gasteiger partial charge in [0, 0.05) is 18.8 Å². The number of amides is 1. The second-order valence-corrected chi connectivity index (χ2v) is 9.65. The molecule has 0 bridgehead atoms. The van der Waals surface area contributed by atoms with Crippen LogP contribution in [-0.2, 0) is 27.8 Å². The highest BCUT2D eigenvalue weighted by molar-refractivity contribution is 7.99. The van der Waals surface area contributed by atoms with Crippen molar-refractivity contribution in [1.82, 2.24) is 14.9 Å². The number of aryl methyl sites for hydroxylation is 1. The molecule has 1 aromatic heterocycles. The first kappa shape index (κ1) is 22.4. The summed E-state index contributed by atoms with van der Waals surface area (Å²) in [6.45, 7) is 9.71. The van der Waals surface area contributed by atoms with Crippen LogP contribution < -0.4 is 10.5 Å². The number of carbonyl (C=O) groups excluding carboxylic acids is 1. The smallest absolute Gasteiger partial charge is 0.238 e. The molecule has 0 radical (unpaired) electrons. The predicted octanol–water partition coefficient (Wildman–Crippen LogP) is 2.25. The van der Waals surface area contributed by atoms with Crippen LogP contribution in [0.5, 0.6) is 0 Å². The summed E-state index contributed by atoms with van der Waals surface area (Å²) in [6.07, 6.45) is 0.613. The molecule has 1 heterocycles. The molecule has 154 valence electrons. The van der Waals surface area contributed by atoms with Gasteiger partial charge in [-0.25, -0.2) is 18.5 Å². The highest BCUT2D eigenvalue weighted by atomic mass is 32.2. The van der Waals surface area contributed by atoms with E-state index >= 15 is 0 Å². The van der Waals surface area contributed by atoms with Gasteiger partial charge < -0.3 is 9.88 Å². The Morgan fingerprint density at radius 3 is 2.46 bits per heavy atom. The number of aromatic nitrogens is 2. The zero-order valence-corrected chi connectivity index (χ0v) is 18.4. The number of hydrogen-bond acceptors (Lipinski definition) is 5. The van der Waals surface area contributed by atoms with Gasteiger partial charge in [-0.15, -0.1) is 0 Å². The number of thioether (sulfide) groups is 1. The summed E-state index contributed by atoms with van der Waals surface area (Å²) in [7, 11) is -3.68.